The van der Waals surface area contributed by atoms with Crippen LogP contribution in [0.2, 0.25) is 0 Å². The van der Waals surface area contributed by atoms with Gasteiger partial charge in [0, 0.05) is 32.7 Å². The van der Waals surface area contributed by atoms with E-state index < -0.39 is 0 Å². The molecule has 1 aliphatic heterocycles. The van der Waals surface area contributed by atoms with Crippen molar-refractivity contribution in [2.45, 2.75) is 6.54 Å². The first-order valence-corrected chi connectivity index (χ1v) is 9.54. The fraction of sp³-hybridized carbons (Fsp3) is 0.409. The highest BCUT2D eigenvalue weighted by atomic mass is 16.5. The molecule has 1 fully saturated rings. The number of carbonyl (C=O) groups excluding carboxylic acids is 1. The standard InChI is InChI=1S/C22H28N2O5/c1-26-17-9-8-16(14-20(17)29-4)15-23-10-12-24(13-11-23)22(25)21-18(27-2)6-5-7-19(21)28-3/h5-9,14H,10-13,15H2,1-4H3. The first-order valence-electron chi connectivity index (χ1n) is 9.54. The molecule has 0 atom stereocenters. The Balaban J connectivity index is 1.65. The molecule has 0 unspecified atom stereocenters. The average molecular weight is 400 g/mol. The van der Waals surface area contributed by atoms with Crippen molar-refractivity contribution in [3.05, 3.63) is 47.5 Å². The molecule has 2 aromatic carbocycles. The normalized spacial score (nSPS) is 14.4. The van der Waals surface area contributed by atoms with E-state index in [-0.39, 0.29) is 5.91 Å². The zero-order valence-corrected chi connectivity index (χ0v) is 17.4. The minimum atomic E-state index is -0.0648. The summed E-state index contributed by atoms with van der Waals surface area (Å²) >= 11 is 0. The summed E-state index contributed by atoms with van der Waals surface area (Å²) in [5, 5.41) is 0. The highest BCUT2D eigenvalue weighted by Crippen LogP contribution is 2.30. The number of methoxy groups -OCH3 is 4. The molecule has 0 saturated carbocycles. The van der Waals surface area contributed by atoms with Crippen molar-refractivity contribution in [2.75, 3.05) is 54.6 Å². The fourth-order valence-corrected chi connectivity index (χ4v) is 3.57. The van der Waals surface area contributed by atoms with Crippen LogP contribution in [0.5, 0.6) is 23.0 Å². The van der Waals surface area contributed by atoms with E-state index in [4.69, 9.17) is 18.9 Å². The molecule has 1 amide bonds. The molecule has 2 aromatic rings. The van der Waals surface area contributed by atoms with Crippen molar-refractivity contribution in [2.24, 2.45) is 0 Å². The summed E-state index contributed by atoms with van der Waals surface area (Å²) in [5.41, 5.74) is 1.62. The Kier molecular flexibility index (Phi) is 6.82. The van der Waals surface area contributed by atoms with Crippen LogP contribution in [-0.2, 0) is 6.54 Å². The van der Waals surface area contributed by atoms with E-state index in [1.54, 1.807) is 40.6 Å². The maximum Gasteiger partial charge on any atom is 0.261 e. The van der Waals surface area contributed by atoms with Crippen LogP contribution in [0.15, 0.2) is 36.4 Å². The molecule has 0 N–H and O–H groups in total. The second-order valence-corrected chi connectivity index (χ2v) is 6.80. The SMILES string of the molecule is COc1ccc(CN2CCN(C(=O)c3c(OC)cccc3OC)CC2)cc1OC. The summed E-state index contributed by atoms with van der Waals surface area (Å²) < 4.78 is 21.4. The van der Waals surface area contributed by atoms with Gasteiger partial charge in [-0.05, 0) is 29.8 Å². The van der Waals surface area contributed by atoms with Gasteiger partial charge in [-0.25, -0.2) is 0 Å². The minimum Gasteiger partial charge on any atom is -0.496 e. The molecule has 0 bridgehead atoms. The Morgan fingerprint density at radius 3 is 1.93 bits per heavy atom. The molecule has 7 nitrogen and oxygen atoms in total. The number of ether oxygens (including phenoxy) is 4. The number of amides is 1. The van der Waals surface area contributed by atoms with Crippen molar-refractivity contribution >= 4 is 5.91 Å². The molecule has 1 heterocycles. The van der Waals surface area contributed by atoms with E-state index in [0.717, 1.165) is 36.7 Å². The lowest BCUT2D eigenvalue weighted by Gasteiger charge is -2.35. The summed E-state index contributed by atoms with van der Waals surface area (Å²) in [7, 11) is 6.39. The monoisotopic (exact) mass is 400 g/mol. The van der Waals surface area contributed by atoms with Gasteiger partial charge in [-0.3, -0.25) is 9.69 Å². The van der Waals surface area contributed by atoms with E-state index in [1.807, 2.05) is 29.2 Å². The van der Waals surface area contributed by atoms with Gasteiger partial charge in [0.1, 0.15) is 17.1 Å². The van der Waals surface area contributed by atoms with Crippen LogP contribution in [0.25, 0.3) is 0 Å². The summed E-state index contributed by atoms with van der Waals surface area (Å²) in [6, 6.07) is 11.3. The quantitative estimate of drug-likeness (QED) is 0.712. The second kappa shape index (κ2) is 9.52. The number of piperazine rings is 1. The number of rotatable bonds is 7. The molecule has 3 rings (SSSR count). The third-order valence-electron chi connectivity index (χ3n) is 5.16. The third-order valence-corrected chi connectivity index (χ3v) is 5.16. The van der Waals surface area contributed by atoms with Gasteiger partial charge in [-0.2, -0.15) is 0 Å². The van der Waals surface area contributed by atoms with E-state index in [1.165, 1.54) is 0 Å². The molecule has 29 heavy (non-hydrogen) atoms. The summed E-state index contributed by atoms with van der Waals surface area (Å²) in [4.78, 5) is 17.3. The number of benzene rings is 2. The van der Waals surface area contributed by atoms with Gasteiger partial charge in [-0.1, -0.05) is 12.1 Å². The molecule has 0 aromatic heterocycles. The lowest BCUT2D eigenvalue weighted by molar-refractivity contribution is 0.0622. The summed E-state index contributed by atoms with van der Waals surface area (Å²) in [6.07, 6.45) is 0. The molecule has 1 saturated heterocycles. The van der Waals surface area contributed by atoms with Crippen molar-refractivity contribution in [3.8, 4) is 23.0 Å². The van der Waals surface area contributed by atoms with Crippen molar-refractivity contribution in [3.63, 3.8) is 0 Å². The van der Waals surface area contributed by atoms with E-state index in [9.17, 15) is 4.79 Å². The van der Waals surface area contributed by atoms with Gasteiger partial charge in [0.2, 0.25) is 0 Å². The van der Waals surface area contributed by atoms with Crippen LogP contribution in [0.4, 0.5) is 0 Å². The maximum absolute atomic E-state index is 13.1. The minimum absolute atomic E-state index is 0.0648. The van der Waals surface area contributed by atoms with Crippen molar-refractivity contribution in [1.29, 1.82) is 0 Å². The zero-order valence-electron chi connectivity index (χ0n) is 17.4. The van der Waals surface area contributed by atoms with Gasteiger partial charge >= 0.3 is 0 Å². The fourth-order valence-electron chi connectivity index (χ4n) is 3.57. The van der Waals surface area contributed by atoms with Crippen molar-refractivity contribution < 1.29 is 23.7 Å². The lowest BCUT2D eigenvalue weighted by atomic mass is 10.1. The molecule has 1 aliphatic rings. The Morgan fingerprint density at radius 2 is 1.38 bits per heavy atom. The van der Waals surface area contributed by atoms with Crippen LogP contribution >= 0.6 is 0 Å². The molecule has 7 heteroatoms. The molecule has 156 valence electrons. The Morgan fingerprint density at radius 1 is 0.793 bits per heavy atom. The summed E-state index contributed by atoms with van der Waals surface area (Å²) in [5.74, 6) is 2.44. The average Bonchev–Trinajstić information content (AvgIpc) is 2.78. The largest absolute Gasteiger partial charge is 0.496 e. The van der Waals surface area contributed by atoms with Gasteiger partial charge in [0.25, 0.3) is 5.91 Å². The number of carbonyl (C=O) groups is 1. The van der Waals surface area contributed by atoms with Gasteiger partial charge < -0.3 is 23.8 Å². The molecular weight excluding hydrogens is 372 g/mol. The van der Waals surface area contributed by atoms with Crippen LogP contribution in [0, 0.1) is 0 Å². The van der Waals surface area contributed by atoms with E-state index >= 15 is 0 Å². The Bertz CT molecular complexity index is 825. The number of nitrogens with zero attached hydrogens (tertiary/aromatic N) is 2. The van der Waals surface area contributed by atoms with E-state index in [0.29, 0.717) is 30.2 Å². The molecule has 0 aliphatic carbocycles. The second-order valence-electron chi connectivity index (χ2n) is 6.80. The van der Waals surface area contributed by atoms with Gasteiger partial charge in [-0.15, -0.1) is 0 Å². The topological polar surface area (TPSA) is 60.5 Å². The molecular formula is C22H28N2O5. The number of hydrogen-bond donors (Lipinski definition) is 0. The van der Waals surface area contributed by atoms with Gasteiger partial charge in [0.05, 0.1) is 28.4 Å². The third kappa shape index (κ3) is 4.56. The smallest absolute Gasteiger partial charge is 0.261 e. The molecule has 0 radical (unpaired) electrons. The van der Waals surface area contributed by atoms with Crippen LogP contribution in [0.1, 0.15) is 15.9 Å². The Labute approximate surface area is 171 Å². The van der Waals surface area contributed by atoms with E-state index in [2.05, 4.69) is 4.90 Å². The summed E-state index contributed by atoms with van der Waals surface area (Å²) in [6.45, 7) is 3.66. The predicted octanol–water partition coefficient (Wildman–Crippen LogP) is 2.68. The molecule has 0 spiro atoms. The zero-order chi connectivity index (χ0) is 20.8. The highest BCUT2D eigenvalue weighted by molar-refractivity contribution is 5.99. The first kappa shape index (κ1) is 20.8. The van der Waals surface area contributed by atoms with Gasteiger partial charge in [0.15, 0.2) is 11.5 Å². The number of hydrogen-bond acceptors (Lipinski definition) is 6. The van der Waals surface area contributed by atoms with Crippen LogP contribution in [0.3, 0.4) is 0 Å². The highest BCUT2D eigenvalue weighted by Gasteiger charge is 2.27. The van der Waals surface area contributed by atoms with Crippen LogP contribution in [-0.4, -0.2) is 70.3 Å². The Hall–Kier alpha value is -2.93. The van der Waals surface area contributed by atoms with Crippen LogP contribution < -0.4 is 18.9 Å². The lowest BCUT2D eigenvalue weighted by Crippen LogP contribution is -2.48. The maximum atomic E-state index is 13.1. The predicted molar refractivity (Wildman–Crippen MR) is 110 cm³/mol. The van der Waals surface area contributed by atoms with Crippen molar-refractivity contribution in [1.82, 2.24) is 9.80 Å². The first-order chi connectivity index (χ1) is 14.1.